The fraction of sp³-hybridized carbons (Fsp3) is 0.455. The van der Waals surface area contributed by atoms with E-state index in [1.54, 1.807) is 6.07 Å². The maximum atomic E-state index is 5.94. The molecule has 1 rings (SSSR count). The monoisotopic (exact) mass is 212 g/mol. The van der Waals surface area contributed by atoms with Crippen LogP contribution in [0.1, 0.15) is 19.4 Å². The molecule has 0 saturated carbocycles. The van der Waals surface area contributed by atoms with Gasteiger partial charge in [-0.15, -0.1) is 0 Å². The molecule has 2 nitrogen and oxygen atoms in total. The van der Waals surface area contributed by atoms with Crippen LogP contribution in [0.4, 0.5) is 11.4 Å². The quantitative estimate of drug-likeness (QED) is 0.755. The fourth-order valence-corrected chi connectivity index (χ4v) is 1.34. The molecule has 3 heteroatoms. The van der Waals surface area contributed by atoms with Crippen LogP contribution < -0.4 is 11.1 Å². The van der Waals surface area contributed by atoms with Gasteiger partial charge in [-0.2, -0.15) is 0 Å². The van der Waals surface area contributed by atoms with E-state index in [1.807, 2.05) is 13.0 Å². The molecule has 1 aromatic rings. The first-order chi connectivity index (χ1) is 6.50. The van der Waals surface area contributed by atoms with Crippen molar-refractivity contribution in [2.45, 2.75) is 20.8 Å². The lowest BCUT2D eigenvalue weighted by Crippen LogP contribution is -2.09. The van der Waals surface area contributed by atoms with Gasteiger partial charge in [-0.05, 0) is 30.5 Å². The Labute approximate surface area is 90.4 Å². The number of aryl methyl sites for hydroxylation is 1. The molecule has 14 heavy (non-hydrogen) atoms. The highest BCUT2D eigenvalue weighted by Crippen LogP contribution is 2.26. The molecule has 0 fully saturated rings. The first-order valence-electron chi connectivity index (χ1n) is 4.80. The fourth-order valence-electron chi connectivity index (χ4n) is 1.16. The molecule has 0 atom stereocenters. The third kappa shape index (κ3) is 2.81. The Morgan fingerprint density at radius 3 is 2.64 bits per heavy atom. The lowest BCUT2D eigenvalue weighted by atomic mass is 10.1. The van der Waals surface area contributed by atoms with Crippen LogP contribution >= 0.6 is 11.6 Å². The molecule has 0 aliphatic carbocycles. The number of rotatable bonds is 3. The minimum atomic E-state index is 0.602. The van der Waals surface area contributed by atoms with Crippen LogP contribution in [0.15, 0.2) is 12.1 Å². The zero-order chi connectivity index (χ0) is 10.7. The van der Waals surface area contributed by atoms with E-state index < -0.39 is 0 Å². The molecule has 3 N–H and O–H groups in total. The van der Waals surface area contributed by atoms with Gasteiger partial charge in [0.25, 0.3) is 0 Å². The largest absolute Gasteiger partial charge is 0.397 e. The molecule has 0 bridgehead atoms. The van der Waals surface area contributed by atoms with E-state index in [0.29, 0.717) is 11.6 Å². The zero-order valence-electron chi connectivity index (χ0n) is 8.89. The second-order valence-corrected chi connectivity index (χ2v) is 4.37. The van der Waals surface area contributed by atoms with E-state index in [2.05, 4.69) is 19.2 Å². The summed E-state index contributed by atoms with van der Waals surface area (Å²) in [5.74, 6) is 0.602. The van der Waals surface area contributed by atoms with Crippen molar-refractivity contribution < 1.29 is 0 Å². The van der Waals surface area contributed by atoms with Gasteiger partial charge in [-0.3, -0.25) is 0 Å². The smallest absolute Gasteiger partial charge is 0.0577 e. The highest BCUT2D eigenvalue weighted by atomic mass is 35.5. The Hall–Kier alpha value is -0.890. The summed E-state index contributed by atoms with van der Waals surface area (Å²) in [6.45, 7) is 7.21. The average Bonchev–Trinajstić information content (AvgIpc) is 2.09. The maximum absolute atomic E-state index is 5.94. The van der Waals surface area contributed by atoms with Crippen molar-refractivity contribution in [2.75, 3.05) is 17.6 Å². The van der Waals surface area contributed by atoms with E-state index >= 15 is 0 Å². The summed E-state index contributed by atoms with van der Waals surface area (Å²) in [5.41, 5.74) is 8.56. The number of hydrogen-bond acceptors (Lipinski definition) is 2. The van der Waals surface area contributed by atoms with Crippen molar-refractivity contribution >= 4 is 23.0 Å². The van der Waals surface area contributed by atoms with Crippen molar-refractivity contribution in [1.82, 2.24) is 0 Å². The second-order valence-electron chi connectivity index (χ2n) is 3.96. The van der Waals surface area contributed by atoms with Gasteiger partial charge in [0.2, 0.25) is 0 Å². The average molecular weight is 213 g/mol. The van der Waals surface area contributed by atoms with E-state index in [0.717, 1.165) is 22.8 Å². The number of anilines is 2. The van der Waals surface area contributed by atoms with E-state index in [1.165, 1.54) is 0 Å². The van der Waals surface area contributed by atoms with Crippen LogP contribution in [0.25, 0.3) is 0 Å². The topological polar surface area (TPSA) is 38.0 Å². The highest BCUT2D eigenvalue weighted by molar-refractivity contribution is 6.31. The predicted molar refractivity (Wildman–Crippen MR) is 63.9 cm³/mol. The van der Waals surface area contributed by atoms with Gasteiger partial charge in [-0.25, -0.2) is 0 Å². The van der Waals surface area contributed by atoms with Crippen molar-refractivity contribution in [2.24, 2.45) is 5.92 Å². The van der Waals surface area contributed by atoms with Gasteiger partial charge in [0.05, 0.1) is 11.4 Å². The Bertz CT molecular complexity index is 321. The lowest BCUT2D eigenvalue weighted by molar-refractivity contribution is 0.689. The zero-order valence-corrected chi connectivity index (χ0v) is 9.65. The standard InChI is InChI=1S/C11H17ClN2/c1-7(2)6-14-11-4-8(3)9(12)5-10(11)13/h4-5,7,14H,6,13H2,1-3H3. The maximum Gasteiger partial charge on any atom is 0.0577 e. The summed E-state index contributed by atoms with van der Waals surface area (Å²) in [5, 5.41) is 4.02. The van der Waals surface area contributed by atoms with Crippen molar-refractivity contribution in [3.8, 4) is 0 Å². The summed E-state index contributed by atoms with van der Waals surface area (Å²) < 4.78 is 0. The van der Waals surface area contributed by atoms with E-state index in [-0.39, 0.29) is 0 Å². The highest BCUT2D eigenvalue weighted by Gasteiger charge is 2.03. The van der Waals surface area contributed by atoms with Gasteiger partial charge in [0.1, 0.15) is 0 Å². The van der Waals surface area contributed by atoms with E-state index in [9.17, 15) is 0 Å². The lowest BCUT2D eigenvalue weighted by Gasteiger charge is -2.12. The molecule has 0 aromatic heterocycles. The molecule has 0 amide bonds. The van der Waals surface area contributed by atoms with Crippen LogP contribution in [-0.4, -0.2) is 6.54 Å². The Morgan fingerprint density at radius 2 is 2.07 bits per heavy atom. The van der Waals surface area contributed by atoms with Crippen LogP contribution in [0.5, 0.6) is 0 Å². The van der Waals surface area contributed by atoms with Gasteiger partial charge in [0, 0.05) is 11.6 Å². The second kappa shape index (κ2) is 4.56. The van der Waals surface area contributed by atoms with Crippen LogP contribution in [0.2, 0.25) is 5.02 Å². The molecular formula is C11H17ClN2. The molecule has 1 aromatic carbocycles. The number of benzene rings is 1. The molecular weight excluding hydrogens is 196 g/mol. The van der Waals surface area contributed by atoms with Crippen LogP contribution in [0, 0.1) is 12.8 Å². The summed E-state index contributed by atoms with van der Waals surface area (Å²) in [6, 6.07) is 3.78. The SMILES string of the molecule is Cc1cc(NCC(C)C)c(N)cc1Cl. The van der Waals surface area contributed by atoms with Gasteiger partial charge < -0.3 is 11.1 Å². The first kappa shape index (κ1) is 11.2. The first-order valence-corrected chi connectivity index (χ1v) is 5.18. The Kier molecular flexibility index (Phi) is 3.64. The summed E-state index contributed by atoms with van der Waals surface area (Å²) in [4.78, 5) is 0. The molecule has 0 spiro atoms. The van der Waals surface area contributed by atoms with Gasteiger partial charge >= 0.3 is 0 Å². The van der Waals surface area contributed by atoms with Crippen LogP contribution in [0.3, 0.4) is 0 Å². The molecule has 0 unspecified atom stereocenters. The van der Waals surface area contributed by atoms with Crippen molar-refractivity contribution in [3.63, 3.8) is 0 Å². The predicted octanol–water partition coefficient (Wildman–Crippen LogP) is 3.30. The van der Waals surface area contributed by atoms with Crippen molar-refractivity contribution in [1.29, 1.82) is 0 Å². The summed E-state index contributed by atoms with van der Waals surface area (Å²) in [6.07, 6.45) is 0. The molecule has 0 aliphatic rings. The molecule has 0 radical (unpaired) electrons. The summed E-state index contributed by atoms with van der Waals surface area (Å²) >= 11 is 5.94. The minimum absolute atomic E-state index is 0.602. The van der Waals surface area contributed by atoms with Crippen LogP contribution in [-0.2, 0) is 0 Å². The molecule has 78 valence electrons. The third-order valence-electron chi connectivity index (χ3n) is 2.03. The normalized spacial score (nSPS) is 10.6. The number of nitrogens with one attached hydrogen (secondary N) is 1. The summed E-state index contributed by atoms with van der Waals surface area (Å²) in [7, 11) is 0. The molecule has 0 aliphatic heterocycles. The number of halogens is 1. The van der Waals surface area contributed by atoms with E-state index in [4.69, 9.17) is 17.3 Å². The van der Waals surface area contributed by atoms with Gasteiger partial charge in [-0.1, -0.05) is 25.4 Å². The third-order valence-corrected chi connectivity index (χ3v) is 2.44. The number of nitrogens with two attached hydrogens (primary N) is 1. The number of nitrogen functional groups attached to an aromatic ring is 1. The number of hydrogen-bond donors (Lipinski definition) is 2. The molecule has 0 saturated heterocycles. The minimum Gasteiger partial charge on any atom is -0.397 e. The Morgan fingerprint density at radius 1 is 1.43 bits per heavy atom. The molecule has 0 heterocycles. The Balaban J connectivity index is 2.82. The van der Waals surface area contributed by atoms with Crippen molar-refractivity contribution in [3.05, 3.63) is 22.7 Å². The van der Waals surface area contributed by atoms with Gasteiger partial charge in [0.15, 0.2) is 0 Å².